The van der Waals surface area contributed by atoms with E-state index >= 15 is 0 Å². The number of imide groups is 1. The van der Waals surface area contributed by atoms with Crippen molar-refractivity contribution >= 4 is 39.4 Å². The summed E-state index contributed by atoms with van der Waals surface area (Å²) in [5.41, 5.74) is -0.0885. The van der Waals surface area contributed by atoms with Crippen molar-refractivity contribution in [1.29, 1.82) is 0 Å². The first-order chi connectivity index (χ1) is 15.5. The van der Waals surface area contributed by atoms with Crippen LogP contribution in [0.25, 0.3) is 0 Å². The Morgan fingerprint density at radius 3 is 2.42 bits per heavy atom. The van der Waals surface area contributed by atoms with Gasteiger partial charge in [-0.1, -0.05) is 11.6 Å². The Balaban J connectivity index is 1.83. The maximum absolute atomic E-state index is 13.2. The Hall–Kier alpha value is -2.82. The summed E-state index contributed by atoms with van der Waals surface area (Å²) in [5, 5.41) is -0.0435. The van der Waals surface area contributed by atoms with Crippen LogP contribution in [-0.2, 0) is 19.6 Å². The average molecular weight is 497 g/mol. The standard InChI is InChI=1S/C22H22ClFN2O6S/c1-25(2)33(30,31)16-10-11-18(23)17(13-16)22(29)32-19-5-3-4-12-26(21(19)28)20(27)14-6-8-15(24)9-7-14/h6-11,13,19H,3-5,12H2,1-2H3/t19-/m0/s1. The van der Waals surface area contributed by atoms with E-state index in [9.17, 15) is 27.2 Å². The lowest BCUT2D eigenvalue weighted by Crippen LogP contribution is -2.43. The normalized spacial score (nSPS) is 17.1. The van der Waals surface area contributed by atoms with E-state index in [-0.39, 0.29) is 34.0 Å². The number of hydrogen-bond donors (Lipinski definition) is 0. The molecule has 1 heterocycles. The first-order valence-corrected chi connectivity index (χ1v) is 11.9. The molecule has 0 saturated carbocycles. The third-order valence-corrected chi connectivity index (χ3v) is 7.30. The Labute approximate surface area is 195 Å². The Morgan fingerprint density at radius 2 is 1.79 bits per heavy atom. The van der Waals surface area contributed by atoms with Crippen molar-refractivity contribution in [2.45, 2.75) is 30.3 Å². The van der Waals surface area contributed by atoms with Crippen LogP contribution in [0, 0.1) is 5.82 Å². The highest BCUT2D eigenvalue weighted by atomic mass is 35.5. The number of benzene rings is 2. The second kappa shape index (κ2) is 9.98. The minimum Gasteiger partial charge on any atom is -0.449 e. The van der Waals surface area contributed by atoms with Gasteiger partial charge in [0, 0.05) is 26.2 Å². The van der Waals surface area contributed by atoms with E-state index < -0.39 is 39.7 Å². The number of nitrogens with zero attached hydrogens (tertiary/aromatic N) is 2. The quantitative estimate of drug-likeness (QED) is 0.465. The third-order valence-electron chi connectivity index (χ3n) is 5.16. The first kappa shape index (κ1) is 24.8. The van der Waals surface area contributed by atoms with Crippen LogP contribution in [-0.4, -0.2) is 62.2 Å². The first-order valence-electron chi connectivity index (χ1n) is 10.1. The summed E-state index contributed by atoms with van der Waals surface area (Å²) in [7, 11) is -1.14. The van der Waals surface area contributed by atoms with Crippen LogP contribution in [0.3, 0.4) is 0 Å². The molecule has 0 bridgehead atoms. The molecule has 1 aliphatic rings. The molecule has 2 aromatic carbocycles. The van der Waals surface area contributed by atoms with E-state index in [1.165, 1.54) is 38.4 Å². The molecule has 0 radical (unpaired) electrons. The fraction of sp³-hybridized carbons (Fsp3) is 0.318. The van der Waals surface area contributed by atoms with Gasteiger partial charge >= 0.3 is 5.97 Å². The largest absolute Gasteiger partial charge is 0.449 e. The summed E-state index contributed by atoms with van der Waals surface area (Å²) in [4.78, 5) is 39.4. The molecule has 176 valence electrons. The predicted molar refractivity (Wildman–Crippen MR) is 118 cm³/mol. The number of halogens is 2. The summed E-state index contributed by atoms with van der Waals surface area (Å²) in [5.74, 6) is -2.83. The van der Waals surface area contributed by atoms with Crippen LogP contribution < -0.4 is 0 Å². The molecule has 11 heteroatoms. The van der Waals surface area contributed by atoms with E-state index in [0.717, 1.165) is 27.4 Å². The van der Waals surface area contributed by atoms with Crippen LogP contribution in [0.1, 0.15) is 40.0 Å². The Kier molecular flexibility index (Phi) is 7.51. The Bertz CT molecular complexity index is 1180. The summed E-state index contributed by atoms with van der Waals surface area (Å²) in [6, 6.07) is 8.37. The number of amides is 2. The molecule has 0 aromatic heterocycles. The zero-order valence-electron chi connectivity index (χ0n) is 18.0. The van der Waals surface area contributed by atoms with Crippen LogP contribution in [0.2, 0.25) is 5.02 Å². The number of sulfonamides is 1. The zero-order chi connectivity index (χ0) is 24.3. The molecule has 1 aliphatic heterocycles. The highest BCUT2D eigenvalue weighted by Gasteiger charge is 2.35. The number of likely N-dealkylation sites (tertiary alicyclic amines) is 1. The van der Waals surface area contributed by atoms with Crippen molar-refractivity contribution < 1.29 is 31.9 Å². The van der Waals surface area contributed by atoms with Crippen LogP contribution >= 0.6 is 11.6 Å². The second-order valence-corrected chi connectivity index (χ2v) is 10.2. The number of esters is 1. The maximum atomic E-state index is 13.2. The van der Waals surface area contributed by atoms with Gasteiger partial charge in [-0.2, -0.15) is 0 Å². The second-order valence-electron chi connectivity index (χ2n) is 7.62. The SMILES string of the molecule is CN(C)S(=O)(=O)c1ccc(Cl)c(C(=O)O[C@H]2CCCCN(C(=O)c3ccc(F)cc3)C2=O)c1. The lowest BCUT2D eigenvalue weighted by molar-refractivity contribution is -0.137. The van der Waals surface area contributed by atoms with Gasteiger partial charge in [-0.15, -0.1) is 0 Å². The summed E-state index contributed by atoms with van der Waals surface area (Å²) < 4.78 is 44.3. The molecule has 1 atom stereocenters. The lowest BCUT2D eigenvalue weighted by atomic mass is 10.1. The number of carbonyl (C=O) groups is 3. The number of rotatable bonds is 5. The van der Waals surface area contributed by atoms with Gasteiger partial charge in [0.2, 0.25) is 10.0 Å². The number of carbonyl (C=O) groups excluding carboxylic acids is 3. The number of hydrogen-bond acceptors (Lipinski definition) is 6. The highest BCUT2D eigenvalue weighted by Crippen LogP contribution is 2.25. The van der Waals surface area contributed by atoms with Gasteiger partial charge in [0.05, 0.1) is 15.5 Å². The van der Waals surface area contributed by atoms with Gasteiger partial charge in [0.1, 0.15) is 5.82 Å². The van der Waals surface area contributed by atoms with Gasteiger partial charge in [0.25, 0.3) is 11.8 Å². The van der Waals surface area contributed by atoms with Gasteiger partial charge in [-0.25, -0.2) is 21.9 Å². The van der Waals surface area contributed by atoms with E-state index in [1.807, 2.05) is 0 Å². The van der Waals surface area contributed by atoms with Crippen LogP contribution in [0.5, 0.6) is 0 Å². The van der Waals surface area contributed by atoms with E-state index in [4.69, 9.17) is 16.3 Å². The van der Waals surface area contributed by atoms with Gasteiger partial charge in [-0.3, -0.25) is 14.5 Å². The van der Waals surface area contributed by atoms with E-state index in [2.05, 4.69) is 0 Å². The summed E-state index contributed by atoms with van der Waals surface area (Å²) >= 11 is 6.09. The van der Waals surface area contributed by atoms with E-state index in [1.54, 1.807) is 0 Å². The van der Waals surface area contributed by atoms with Crippen molar-refractivity contribution in [1.82, 2.24) is 9.21 Å². The monoisotopic (exact) mass is 496 g/mol. The van der Waals surface area contributed by atoms with Crippen molar-refractivity contribution in [3.63, 3.8) is 0 Å². The zero-order valence-corrected chi connectivity index (χ0v) is 19.5. The molecule has 0 N–H and O–H groups in total. The maximum Gasteiger partial charge on any atom is 0.340 e. The van der Waals surface area contributed by atoms with Gasteiger partial charge in [-0.05, 0) is 61.7 Å². The minimum absolute atomic E-state index is 0.0435. The predicted octanol–water partition coefficient (Wildman–Crippen LogP) is 3.11. The fourth-order valence-corrected chi connectivity index (χ4v) is 4.41. The smallest absolute Gasteiger partial charge is 0.340 e. The third kappa shape index (κ3) is 5.40. The fourth-order valence-electron chi connectivity index (χ4n) is 3.29. The van der Waals surface area contributed by atoms with Gasteiger partial charge < -0.3 is 4.74 Å². The summed E-state index contributed by atoms with van der Waals surface area (Å²) in [6.07, 6.45) is -0.0519. The molecule has 0 aliphatic carbocycles. The van der Waals surface area contributed by atoms with Crippen molar-refractivity contribution in [3.8, 4) is 0 Å². The molecule has 3 rings (SSSR count). The van der Waals surface area contributed by atoms with Gasteiger partial charge in [0.15, 0.2) is 6.10 Å². The molecule has 2 amide bonds. The molecule has 33 heavy (non-hydrogen) atoms. The topological polar surface area (TPSA) is 101 Å². The van der Waals surface area contributed by atoms with Crippen LogP contribution in [0.4, 0.5) is 4.39 Å². The minimum atomic E-state index is -3.83. The van der Waals surface area contributed by atoms with E-state index in [0.29, 0.717) is 12.8 Å². The van der Waals surface area contributed by atoms with Crippen molar-refractivity contribution in [3.05, 3.63) is 64.4 Å². The molecule has 1 saturated heterocycles. The molecular formula is C22H22ClFN2O6S. The molecule has 1 fully saturated rings. The molecule has 0 unspecified atom stereocenters. The Morgan fingerprint density at radius 1 is 1.12 bits per heavy atom. The molecule has 2 aromatic rings. The highest BCUT2D eigenvalue weighted by molar-refractivity contribution is 7.89. The lowest BCUT2D eigenvalue weighted by Gasteiger charge is -2.23. The number of ether oxygens (including phenoxy) is 1. The molecule has 0 spiro atoms. The average Bonchev–Trinajstić information content (AvgIpc) is 2.95. The summed E-state index contributed by atoms with van der Waals surface area (Å²) in [6.45, 7) is 0.125. The molecular weight excluding hydrogens is 475 g/mol. The molecule has 8 nitrogen and oxygen atoms in total. The van der Waals surface area contributed by atoms with Crippen molar-refractivity contribution in [2.24, 2.45) is 0 Å². The van der Waals surface area contributed by atoms with Crippen molar-refractivity contribution in [2.75, 3.05) is 20.6 Å². The van der Waals surface area contributed by atoms with Crippen LogP contribution in [0.15, 0.2) is 47.4 Å².